The maximum Gasteiger partial charge on any atom is 0.226 e. The van der Waals surface area contributed by atoms with Crippen molar-refractivity contribution in [1.82, 2.24) is 10.1 Å². The van der Waals surface area contributed by atoms with E-state index < -0.39 is 0 Å². The van der Waals surface area contributed by atoms with Crippen LogP contribution in [0.4, 0.5) is 0 Å². The van der Waals surface area contributed by atoms with Gasteiger partial charge in [-0.25, -0.2) is 0 Å². The van der Waals surface area contributed by atoms with Crippen molar-refractivity contribution in [3.8, 4) is 0 Å². The number of aryl methyl sites for hydroxylation is 1. The van der Waals surface area contributed by atoms with Gasteiger partial charge in [-0.1, -0.05) is 37.3 Å². The molecule has 0 amide bonds. The summed E-state index contributed by atoms with van der Waals surface area (Å²) in [6.45, 7) is 4.40. The van der Waals surface area contributed by atoms with Gasteiger partial charge in [-0.15, -0.1) is 0 Å². The lowest BCUT2D eigenvalue weighted by Crippen LogP contribution is -2.20. The molecule has 0 radical (unpaired) electrons. The van der Waals surface area contributed by atoms with Gasteiger partial charge < -0.3 is 15.0 Å². The van der Waals surface area contributed by atoms with Crippen LogP contribution >= 0.6 is 0 Å². The molecule has 5 heteroatoms. The molecule has 1 aliphatic carbocycles. The van der Waals surface area contributed by atoms with Crippen LogP contribution in [0.5, 0.6) is 0 Å². The van der Waals surface area contributed by atoms with Crippen LogP contribution in [0.2, 0.25) is 0 Å². The van der Waals surface area contributed by atoms with E-state index in [4.69, 9.17) is 15.0 Å². The fourth-order valence-corrected chi connectivity index (χ4v) is 2.69. The minimum Gasteiger partial charge on any atom is -0.377 e. The van der Waals surface area contributed by atoms with Crippen molar-refractivity contribution in [2.45, 2.75) is 70.9 Å². The van der Waals surface area contributed by atoms with E-state index in [0.717, 1.165) is 18.8 Å². The maximum atomic E-state index is 5.99. The van der Waals surface area contributed by atoms with Crippen molar-refractivity contribution >= 4 is 0 Å². The molecule has 1 saturated carbocycles. The van der Waals surface area contributed by atoms with Crippen LogP contribution in [-0.4, -0.2) is 22.9 Å². The minimum absolute atomic E-state index is 0.165. The summed E-state index contributed by atoms with van der Waals surface area (Å²) < 4.78 is 10.8. The minimum atomic E-state index is -0.301. The first-order valence-corrected chi connectivity index (χ1v) is 7.85. The number of rotatable bonds is 7. The van der Waals surface area contributed by atoms with Crippen LogP contribution in [0.25, 0.3) is 0 Å². The molecule has 114 valence electrons. The van der Waals surface area contributed by atoms with Crippen LogP contribution in [0.3, 0.4) is 0 Å². The number of hydrogen-bond acceptors (Lipinski definition) is 5. The second kappa shape index (κ2) is 7.74. The molecule has 1 unspecified atom stereocenters. The molecule has 0 saturated heterocycles. The van der Waals surface area contributed by atoms with Gasteiger partial charge in [-0.3, -0.25) is 0 Å². The summed E-state index contributed by atoms with van der Waals surface area (Å²) in [6, 6.07) is -0.301. The highest BCUT2D eigenvalue weighted by molar-refractivity contribution is 4.93. The van der Waals surface area contributed by atoms with Crippen molar-refractivity contribution in [1.29, 1.82) is 0 Å². The molecule has 2 rings (SSSR count). The van der Waals surface area contributed by atoms with E-state index in [1.165, 1.54) is 32.1 Å². The number of aromatic nitrogens is 2. The lowest BCUT2D eigenvalue weighted by molar-refractivity contribution is 0.0665. The molecular formula is C15H27N3O2. The smallest absolute Gasteiger partial charge is 0.226 e. The Labute approximate surface area is 121 Å². The van der Waals surface area contributed by atoms with Gasteiger partial charge in [0.2, 0.25) is 5.89 Å². The zero-order valence-electron chi connectivity index (χ0n) is 12.7. The molecule has 1 aromatic rings. The Kier molecular flexibility index (Phi) is 5.98. The first-order chi connectivity index (χ1) is 9.65. The first kappa shape index (κ1) is 15.4. The summed E-state index contributed by atoms with van der Waals surface area (Å²) in [5.41, 5.74) is 5.99. The molecule has 0 aliphatic heterocycles. The van der Waals surface area contributed by atoms with Crippen LogP contribution in [0.15, 0.2) is 4.52 Å². The average Bonchev–Trinajstić information content (AvgIpc) is 2.92. The summed E-state index contributed by atoms with van der Waals surface area (Å²) in [4.78, 5) is 4.39. The van der Waals surface area contributed by atoms with Crippen LogP contribution in [-0.2, 0) is 11.2 Å². The van der Waals surface area contributed by atoms with Gasteiger partial charge >= 0.3 is 0 Å². The fraction of sp³-hybridized carbons (Fsp3) is 0.867. The Morgan fingerprint density at radius 3 is 2.75 bits per heavy atom. The summed E-state index contributed by atoms with van der Waals surface area (Å²) in [7, 11) is 0. The van der Waals surface area contributed by atoms with Crippen molar-refractivity contribution in [2.24, 2.45) is 11.7 Å². The standard InChI is InChI=1S/C15H27N3O2/c1-11(2)19-10-13(16)15-17-14(20-18-15)9-8-12-6-4-3-5-7-12/h11-13H,3-10,16H2,1-2H3. The highest BCUT2D eigenvalue weighted by atomic mass is 16.5. The molecule has 1 fully saturated rings. The van der Waals surface area contributed by atoms with Crippen molar-refractivity contribution < 1.29 is 9.26 Å². The molecule has 20 heavy (non-hydrogen) atoms. The van der Waals surface area contributed by atoms with Crippen molar-refractivity contribution in [3.05, 3.63) is 11.7 Å². The molecule has 0 spiro atoms. The second-order valence-corrected chi connectivity index (χ2v) is 6.08. The maximum absolute atomic E-state index is 5.99. The van der Waals surface area contributed by atoms with Crippen LogP contribution in [0, 0.1) is 5.92 Å². The quantitative estimate of drug-likeness (QED) is 0.831. The second-order valence-electron chi connectivity index (χ2n) is 6.08. The molecule has 0 aromatic carbocycles. The highest BCUT2D eigenvalue weighted by Crippen LogP contribution is 2.27. The van der Waals surface area contributed by atoms with E-state index in [1.807, 2.05) is 13.8 Å². The van der Waals surface area contributed by atoms with Gasteiger partial charge in [0.05, 0.1) is 18.8 Å². The molecule has 1 aromatic heterocycles. The molecular weight excluding hydrogens is 254 g/mol. The van der Waals surface area contributed by atoms with Gasteiger partial charge in [0.15, 0.2) is 5.82 Å². The van der Waals surface area contributed by atoms with Crippen LogP contribution < -0.4 is 5.73 Å². The van der Waals surface area contributed by atoms with Gasteiger partial charge in [-0.2, -0.15) is 4.98 Å². The summed E-state index contributed by atoms with van der Waals surface area (Å²) in [6.07, 6.45) is 9.03. The van der Waals surface area contributed by atoms with E-state index >= 15 is 0 Å². The number of ether oxygens (including phenoxy) is 1. The van der Waals surface area contributed by atoms with Crippen molar-refractivity contribution in [2.75, 3.05) is 6.61 Å². The van der Waals surface area contributed by atoms with E-state index in [1.54, 1.807) is 0 Å². The molecule has 0 bridgehead atoms. The van der Waals surface area contributed by atoms with Crippen LogP contribution in [0.1, 0.15) is 70.1 Å². The monoisotopic (exact) mass is 281 g/mol. The van der Waals surface area contributed by atoms with Gasteiger partial charge in [-0.05, 0) is 26.2 Å². The Balaban J connectivity index is 1.76. The lowest BCUT2D eigenvalue weighted by Gasteiger charge is -2.20. The lowest BCUT2D eigenvalue weighted by atomic mass is 9.86. The largest absolute Gasteiger partial charge is 0.377 e. The molecule has 1 aliphatic rings. The first-order valence-electron chi connectivity index (χ1n) is 7.85. The zero-order chi connectivity index (χ0) is 14.4. The van der Waals surface area contributed by atoms with Crippen molar-refractivity contribution in [3.63, 3.8) is 0 Å². The summed E-state index contributed by atoms with van der Waals surface area (Å²) in [5, 5.41) is 3.97. The normalized spacial score (nSPS) is 18.6. The number of nitrogens with zero attached hydrogens (tertiary/aromatic N) is 2. The molecule has 2 N–H and O–H groups in total. The predicted molar refractivity (Wildman–Crippen MR) is 77.2 cm³/mol. The number of hydrogen-bond donors (Lipinski definition) is 1. The van der Waals surface area contributed by atoms with E-state index in [9.17, 15) is 0 Å². The molecule has 1 heterocycles. The highest BCUT2D eigenvalue weighted by Gasteiger charge is 2.17. The summed E-state index contributed by atoms with van der Waals surface area (Å²) >= 11 is 0. The van der Waals surface area contributed by atoms with Gasteiger partial charge in [0, 0.05) is 6.42 Å². The average molecular weight is 281 g/mol. The Bertz CT molecular complexity index is 386. The van der Waals surface area contributed by atoms with Gasteiger partial charge in [0.25, 0.3) is 0 Å². The fourth-order valence-electron chi connectivity index (χ4n) is 2.69. The Morgan fingerprint density at radius 2 is 2.05 bits per heavy atom. The third-order valence-electron chi connectivity index (χ3n) is 3.92. The Hall–Kier alpha value is -0.940. The van der Waals surface area contributed by atoms with Gasteiger partial charge in [0.1, 0.15) is 0 Å². The van der Waals surface area contributed by atoms with E-state index in [0.29, 0.717) is 18.3 Å². The predicted octanol–water partition coefficient (Wildman–Crippen LogP) is 3.01. The SMILES string of the molecule is CC(C)OCC(N)c1noc(CCC2CCCCC2)n1. The third-order valence-corrected chi connectivity index (χ3v) is 3.92. The molecule has 1 atom stereocenters. The van der Waals surface area contributed by atoms with E-state index in [2.05, 4.69) is 10.1 Å². The zero-order valence-corrected chi connectivity index (χ0v) is 12.7. The summed E-state index contributed by atoms with van der Waals surface area (Å²) in [5.74, 6) is 2.10. The number of nitrogens with two attached hydrogens (primary N) is 1. The topological polar surface area (TPSA) is 74.2 Å². The molecule has 5 nitrogen and oxygen atoms in total. The van der Waals surface area contributed by atoms with E-state index in [-0.39, 0.29) is 12.1 Å². The Morgan fingerprint density at radius 1 is 1.30 bits per heavy atom. The third kappa shape index (κ3) is 4.87.